The van der Waals surface area contributed by atoms with Crippen LogP contribution in [-0.4, -0.2) is 27.8 Å². The molecule has 0 aliphatic carbocycles. The fraction of sp³-hybridized carbons (Fsp3) is 0.158. The third-order valence-electron chi connectivity index (χ3n) is 3.55. The Morgan fingerprint density at radius 1 is 1.08 bits per heavy atom. The first-order chi connectivity index (χ1) is 11.8. The second kappa shape index (κ2) is 8.36. The molecule has 24 heavy (non-hydrogen) atoms. The Balaban J connectivity index is 1.42. The maximum atomic E-state index is 12.1. The van der Waals surface area contributed by atoms with Crippen LogP contribution in [0.1, 0.15) is 16.8 Å². The molecule has 4 nitrogen and oxygen atoms in total. The molecule has 122 valence electrons. The Labute approximate surface area is 145 Å². The van der Waals surface area contributed by atoms with E-state index in [1.165, 1.54) is 4.90 Å². The van der Waals surface area contributed by atoms with E-state index >= 15 is 0 Å². The largest absolute Gasteiger partial charge is 0.352 e. The number of aromatic nitrogens is 2. The lowest BCUT2D eigenvalue weighted by Crippen LogP contribution is -2.24. The van der Waals surface area contributed by atoms with Gasteiger partial charge in [-0.1, -0.05) is 18.2 Å². The van der Waals surface area contributed by atoms with Crippen LogP contribution in [0.15, 0.2) is 78.2 Å². The number of nitrogens with one attached hydrogen (secondary N) is 1. The van der Waals surface area contributed by atoms with Crippen LogP contribution in [0.3, 0.4) is 0 Å². The summed E-state index contributed by atoms with van der Waals surface area (Å²) in [7, 11) is 0. The normalized spacial score (nSPS) is 10.5. The number of thioether (sulfide) groups is 1. The van der Waals surface area contributed by atoms with Crippen molar-refractivity contribution in [3.8, 4) is 5.69 Å². The van der Waals surface area contributed by atoms with E-state index < -0.39 is 0 Å². The summed E-state index contributed by atoms with van der Waals surface area (Å²) in [5.74, 6) is 0.959. The zero-order chi connectivity index (χ0) is 16.6. The summed E-state index contributed by atoms with van der Waals surface area (Å²) < 4.78 is 1.91. The monoisotopic (exact) mass is 337 g/mol. The van der Waals surface area contributed by atoms with E-state index in [-0.39, 0.29) is 5.91 Å². The van der Waals surface area contributed by atoms with Crippen LogP contribution in [0.4, 0.5) is 0 Å². The number of rotatable bonds is 7. The molecule has 0 bridgehead atoms. The number of benzene rings is 2. The molecular formula is C19H19N3OS. The van der Waals surface area contributed by atoms with Gasteiger partial charge in [0.2, 0.25) is 0 Å². The van der Waals surface area contributed by atoms with E-state index in [4.69, 9.17) is 0 Å². The van der Waals surface area contributed by atoms with Gasteiger partial charge in [-0.15, -0.1) is 11.8 Å². The van der Waals surface area contributed by atoms with E-state index in [9.17, 15) is 4.79 Å². The van der Waals surface area contributed by atoms with Gasteiger partial charge in [-0.3, -0.25) is 4.79 Å². The molecule has 5 heteroatoms. The second-order valence-corrected chi connectivity index (χ2v) is 6.46. The third kappa shape index (κ3) is 4.49. The number of carbonyl (C=O) groups is 1. The fourth-order valence-electron chi connectivity index (χ4n) is 2.28. The van der Waals surface area contributed by atoms with Crippen molar-refractivity contribution in [2.45, 2.75) is 11.3 Å². The quantitative estimate of drug-likeness (QED) is 0.527. The Hall–Kier alpha value is -2.53. The molecule has 3 rings (SSSR count). The first-order valence-corrected chi connectivity index (χ1v) is 8.86. The first kappa shape index (κ1) is 16.3. The topological polar surface area (TPSA) is 46.9 Å². The van der Waals surface area contributed by atoms with Gasteiger partial charge in [0, 0.05) is 35.1 Å². The molecule has 0 radical (unpaired) electrons. The van der Waals surface area contributed by atoms with E-state index in [1.54, 1.807) is 12.5 Å². The molecule has 0 fully saturated rings. The molecule has 1 aromatic heterocycles. The number of hydrogen-bond donors (Lipinski definition) is 1. The lowest BCUT2D eigenvalue weighted by atomic mass is 10.2. The zero-order valence-corrected chi connectivity index (χ0v) is 14.1. The van der Waals surface area contributed by atoms with Crippen molar-refractivity contribution in [3.05, 3.63) is 78.9 Å². The summed E-state index contributed by atoms with van der Waals surface area (Å²) >= 11 is 1.81. The summed E-state index contributed by atoms with van der Waals surface area (Å²) in [5.41, 5.74) is 1.66. The average molecular weight is 337 g/mol. The Morgan fingerprint density at radius 2 is 1.88 bits per heavy atom. The van der Waals surface area contributed by atoms with Crippen LogP contribution in [0.2, 0.25) is 0 Å². The van der Waals surface area contributed by atoms with Crippen molar-refractivity contribution in [1.29, 1.82) is 0 Å². The molecule has 1 N–H and O–H groups in total. The minimum absolute atomic E-state index is 0.0307. The lowest BCUT2D eigenvalue weighted by molar-refractivity contribution is 0.0954. The van der Waals surface area contributed by atoms with Crippen LogP contribution < -0.4 is 5.32 Å². The highest BCUT2D eigenvalue weighted by atomic mass is 32.2. The van der Waals surface area contributed by atoms with Crippen molar-refractivity contribution >= 4 is 17.7 Å². The van der Waals surface area contributed by atoms with Crippen molar-refractivity contribution in [1.82, 2.24) is 14.9 Å². The predicted molar refractivity (Wildman–Crippen MR) is 97.7 cm³/mol. The summed E-state index contributed by atoms with van der Waals surface area (Å²) in [6, 6.07) is 17.8. The van der Waals surface area contributed by atoms with E-state index in [1.807, 2.05) is 65.0 Å². The zero-order valence-electron chi connectivity index (χ0n) is 13.3. The van der Waals surface area contributed by atoms with Crippen LogP contribution in [-0.2, 0) is 0 Å². The van der Waals surface area contributed by atoms with Gasteiger partial charge in [-0.25, -0.2) is 4.98 Å². The summed E-state index contributed by atoms with van der Waals surface area (Å²) in [6.07, 6.45) is 6.28. The Morgan fingerprint density at radius 3 is 2.58 bits per heavy atom. The first-order valence-electron chi connectivity index (χ1n) is 7.87. The minimum Gasteiger partial charge on any atom is -0.352 e. The minimum atomic E-state index is -0.0307. The van der Waals surface area contributed by atoms with Gasteiger partial charge in [0.05, 0.1) is 6.33 Å². The number of hydrogen-bond acceptors (Lipinski definition) is 3. The number of carbonyl (C=O) groups excluding carboxylic acids is 1. The molecule has 0 aliphatic rings. The molecule has 0 saturated heterocycles. The highest BCUT2D eigenvalue weighted by Gasteiger charge is 2.05. The van der Waals surface area contributed by atoms with Crippen LogP contribution >= 0.6 is 11.8 Å². The number of amides is 1. The molecule has 0 saturated carbocycles. The SMILES string of the molecule is O=C(NCCCSc1ccccc1)c1ccc(-n2ccnc2)cc1. The van der Waals surface area contributed by atoms with Crippen LogP contribution in [0.5, 0.6) is 0 Å². The fourth-order valence-corrected chi connectivity index (χ4v) is 3.15. The second-order valence-electron chi connectivity index (χ2n) is 5.29. The molecule has 0 spiro atoms. The Kier molecular flexibility index (Phi) is 5.69. The molecule has 3 aromatic rings. The maximum Gasteiger partial charge on any atom is 0.251 e. The molecule has 2 aromatic carbocycles. The number of imidazole rings is 1. The maximum absolute atomic E-state index is 12.1. The smallest absolute Gasteiger partial charge is 0.251 e. The van der Waals surface area contributed by atoms with Crippen molar-refractivity contribution in [2.75, 3.05) is 12.3 Å². The summed E-state index contributed by atoms with van der Waals surface area (Å²) in [6.45, 7) is 0.682. The van der Waals surface area contributed by atoms with Gasteiger partial charge < -0.3 is 9.88 Å². The van der Waals surface area contributed by atoms with Gasteiger partial charge in [-0.05, 0) is 48.6 Å². The predicted octanol–water partition coefficient (Wildman–Crippen LogP) is 3.78. The summed E-state index contributed by atoms with van der Waals surface area (Å²) in [4.78, 5) is 17.4. The van der Waals surface area contributed by atoms with Crippen molar-refractivity contribution in [2.24, 2.45) is 0 Å². The lowest BCUT2D eigenvalue weighted by Gasteiger charge is -2.07. The van der Waals surface area contributed by atoms with E-state index in [0.717, 1.165) is 17.9 Å². The molecule has 0 aliphatic heterocycles. The molecular weight excluding hydrogens is 318 g/mol. The van der Waals surface area contributed by atoms with Gasteiger partial charge in [0.25, 0.3) is 5.91 Å². The molecule has 1 amide bonds. The van der Waals surface area contributed by atoms with Gasteiger partial charge in [0.1, 0.15) is 0 Å². The highest BCUT2D eigenvalue weighted by Crippen LogP contribution is 2.17. The van der Waals surface area contributed by atoms with E-state index in [2.05, 4.69) is 22.4 Å². The van der Waals surface area contributed by atoms with Gasteiger partial charge >= 0.3 is 0 Å². The van der Waals surface area contributed by atoms with E-state index in [0.29, 0.717) is 12.1 Å². The summed E-state index contributed by atoms with van der Waals surface area (Å²) in [5, 5.41) is 2.97. The molecule has 1 heterocycles. The standard InChI is InChI=1S/C19H19N3OS/c23-19(21-11-4-14-24-18-5-2-1-3-6-18)16-7-9-17(10-8-16)22-13-12-20-15-22/h1-3,5-10,12-13,15H,4,11,14H2,(H,21,23). The third-order valence-corrected chi connectivity index (χ3v) is 4.65. The number of nitrogens with zero attached hydrogens (tertiary/aromatic N) is 2. The van der Waals surface area contributed by atoms with Crippen molar-refractivity contribution < 1.29 is 4.79 Å². The average Bonchev–Trinajstić information content (AvgIpc) is 3.17. The van der Waals surface area contributed by atoms with Gasteiger partial charge in [0.15, 0.2) is 0 Å². The Bertz CT molecular complexity index is 755. The highest BCUT2D eigenvalue weighted by molar-refractivity contribution is 7.99. The van der Waals surface area contributed by atoms with Gasteiger partial charge in [-0.2, -0.15) is 0 Å². The van der Waals surface area contributed by atoms with Crippen LogP contribution in [0.25, 0.3) is 5.69 Å². The van der Waals surface area contributed by atoms with Crippen LogP contribution in [0, 0.1) is 0 Å². The molecule has 0 unspecified atom stereocenters. The van der Waals surface area contributed by atoms with Crippen molar-refractivity contribution in [3.63, 3.8) is 0 Å². The molecule has 0 atom stereocenters.